The first-order valence-electron chi connectivity index (χ1n) is 9.81. The number of hydrogen-bond acceptors (Lipinski definition) is 4. The minimum Gasteiger partial charge on any atom is -0.354 e. The van der Waals surface area contributed by atoms with E-state index in [-0.39, 0.29) is 5.92 Å². The number of nitrogens with one attached hydrogen (secondary N) is 1. The van der Waals surface area contributed by atoms with Crippen LogP contribution in [0.25, 0.3) is 11.3 Å². The highest BCUT2D eigenvalue weighted by Gasteiger charge is 2.27. The van der Waals surface area contributed by atoms with Crippen LogP contribution < -0.4 is 5.32 Å². The average Bonchev–Trinajstić information content (AvgIpc) is 2.72. The number of anilines is 1. The van der Waals surface area contributed by atoms with Gasteiger partial charge in [-0.3, -0.25) is 0 Å². The lowest BCUT2D eigenvalue weighted by Crippen LogP contribution is -2.18. The molecule has 1 N–H and O–H groups in total. The van der Waals surface area contributed by atoms with Crippen molar-refractivity contribution in [2.75, 3.05) is 32.5 Å². The molecule has 150 valence electrons. The third-order valence-electron chi connectivity index (χ3n) is 5.29. The summed E-state index contributed by atoms with van der Waals surface area (Å²) in [5.74, 6) is 0.890. The summed E-state index contributed by atoms with van der Waals surface area (Å²) in [6.07, 6.45) is 3.84. The summed E-state index contributed by atoms with van der Waals surface area (Å²) in [5, 5.41) is 4.52. The average molecular weight is 427 g/mol. The van der Waals surface area contributed by atoms with Crippen LogP contribution in [-0.2, 0) is 6.42 Å². The Balaban J connectivity index is 1.64. The van der Waals surface area contributed by atoms with Crippen molar-refractivity contribution >= 4 is 29.2 Å². The van der Waals surface area contributed by atoms with Gasteiger partial charge in [0.15, 0.2) is 0 Å². The van der Waals surface area contributed by atoms with Crippen LogP contribution in [0, 0.1) is 0 Å². The molecule has 0 saturated carbocycles. The highest BCUT2D eigenvalue weighted by atomic mass is 35.5. The van der Waals surface area contributed by atoms with Crippen molar-refractivity contribution in [3.8, 4) is 11.3 Å². The highest BCUT2D eigenvalue weighted by molar-refractivity contribution is 6.42. The molecule has 0 amide bonds. The third-order valence-corrected chi connectivity index (χ3v) is 6.03. The fourth-order valence-corrected chi connectivity index (χ4v) is 4.15. The maximum atomic E-state index is 6.29. The Kier molecular flexibility index (Phi) is 6.04. The smallest absolute Gasteiger partial charge is 0.223 e. The Morgan fingerprint density at radius 1 is 1.10 bits per heavy atom. The topological polar surface area (TPSA) is 41.0 Å². The van der Waals surface area contributed by atoms with E-state index in [1.807, 2.05) is 18.3 Å². The Labute approximate surface area is 181 Å². The van der Waals surface area contributed by atoms with Crippen molar-refractivity contribution in [3.63, 3.8) is 0 Å². The van der Waals surface area contributed by atoms with E-state index >= 15 is 0 Å². The lowest BCUT2D eigenvalue weighted by atomic mass is 9.78. The van der Waals surface area contributed by atoms with Crippen LogP contribution in [0.3, 0.4) is 0 Å². The number of hydrogen-bond donors (Lipinski definition) is 1. The first-order valence-corrected chi connectivity index (χ1v) is 10.6. The quantitative estimate of drug-likeness (QED) is 0.528. The largest absolute Gasteiger partial charge is 0.354 e. The summed E-state index contributed by atoms with van der Waals surface area (Å²) in [4.78, 5) is 11.6. The van der Waals surface area contributed by atoms with Crippen LogP contribution in [0.15, 0.2) is 48.7 Å². The van der Waals surface area contributed by atoms with Crippen molar-refractivity contribution in [2.45, 2.75) is 18.8 Å². The van der Waals surface area contributed by atoms with Crippen molar-refractivity contribution in [1.82, 2.24) is 14.9 Å². The van der Waals surface area contributed by atoms with E-state index in [9.17, 15) is 0 Å². The van der Waals surface area contributed by atoms with Crippen LogP contribution in [0.2, 0.25) is 10.0 Å². The summed E-state index contributed by atoms with van der Waals surface area (Å²) >= 11 is 12.4. The standard InChI is InChI=1S/C23H24Cl2N4/c1-29(2)11-5-10-26-23-27-14-16-12-19(15-8-9-20(24)21(25)13-15)17-6-3-4-7-18(17)22(16)28-23/h3-4,6-9,13-14,19H,5,10-12H2,1-2H3,(H,26,27,28). The van der Waals surface area contributed by atoms with Crippen LogP contribution >= 0.6 is 23.2 Å². The molecule has 1 unspecified atom stereocenters. The molecule has 0 saturated heterocycles. The highest BCUT2D eigenvalue weighted by Crippen LogP contribution is 2.42. The van der Waals surface area contributed by atoms with E-state index in [0.29, 0.717) is 16.0 Å². The van der Waals surface area contributed by atoms with E-state index in [1.54, 1.807) is 0 Å². The Hall–Kier alpha value is -2.14. The summed E-state index contributed by atoms with van der Waals surface area (Å²) in [5.41, 5.74) is 5.74. The predicted octanol–water partition coefficient (Wildman–Crippen LogP) is 5.50. The van der Waals surface area contributed by atoms with Crippen LogP contribution in [0.5, 0.6) is 0 Å². The maximum absolute atomic E-state index is 6.29. The molecule has 0 bridgehead atoms. The molecule has 1 aromatic heterocycles. The van der Waals surface area contributed by atoms with Gasteiger partial charge in [-0.2, -0.15) is 0 Å². The molecule has 0 fully saturated rings. The van der Waals surface area contributed by atoms with Gasteiger partial charge < -0.3 is 10.2 Å². The lowest BCUT2D eigenvalue weighted by Gasteiger charge is -2.27. The second kappa shape index (κ2) is 8.70. The number of benzene rings is 2. The summed E-state index contributed by atoms with van der Waals surface area (Å²) in [6, 6.07) is 14.4. The molecule has 4 nitrogen and oxygen atoms in total. The zero-order chi connectivity index (χ0) is 20.4. The predicted molar refractivity (Wildman–Crippen MR) is 121 cm³/mol. The molecule has 0 radical (unpaired) electrons. The number of aromatic nitrogens is 2. The molecule has 4 rings (SSSR count). The molecule has 29 heavy (non-hydrogen) atoms. The first-order chi connectivity index (χ1) is 14.0. The number of nitrogens with zero attached hydrogens (tertiary/aromatic N) is 3. The minimum absolute atomic E-state index is 0.205. The number of fused-ring (bicyclic) bond motifs is 3. The fraction of sp³-hybridized carbons (Fsp3) is 0.304. The third kappa shape index (κ3) is 4.40. The Bertz CT molecular complexity index is 1020. The lowest BCUT2D eigenvalue weighted by molar-refractivity contribution is 0.405. The van der Waals surface area contributed by atoms with E-state index in [2.05, 4.69) is 59.6 Å². The molecule has 0 spiro atoms. The van der Waals surface area contributed by atoms with Gasteiger partial charge in [0.1, 0.15) is 0 Å². The second-order valence-corrected chi connectivity index (χ2v) is 8.48. The van der Waals surface area contributed by atoms with Gasteiger partial charge in [0.2, 0.25) is 5.95 Å². The van der Waals surface area contributed by atoms with Crippen molar-refractivity contribution in [3.05, 3.63) is 75.4 Å². The Morgan fingerprint density at radius 2 is 1.93 bits per heavy atom. The Morgan fingerprint density at radius 3 is 2.72 bits per heavy atom. The second-order valence-electron chi connectivity index (χ2n) is 7.67. The zero-order valence-corrected chi connectivity index (χ0v) is 18.1. The molecule has 6 heteroatoms. The van der Waals surface area contributed by atoms with Gasteiger partial charge >= 0.3 is 0 Å². The van der Waals surface area contributed by atoms with Crippen LogP contribution in [-0.4, -0.2) is 42.1 Å². The van der Waals surface area contributed by atoms with Gasteiger partial charge in [-0.05, 0) is 62.3 Å². The SMILES string of the molecule is CN(C)CCCNc1ncc2c(n1)-c1ccccc1C(c1ccc(Cl)c(Cl)c1)C2. The minimum atomic E-state index is 0.205. The summed E-state index contributed by atoms with van der Waals surface area (Å²) in [6.45, 7) is 1.89. The van der Waals surface area contributed by atoms with Gasteiger partial charge in [0.25, 0.3) is 0 Å². The van der Waals surface area contributed by atoms with Crippen molar-refractivity contribution in [2.24, 2.45) is 0 Å². The van der Waals surface area contributed by atoms with Crippen molar-refractivity contribution < 1.29 is 0 Å². The van der Waals surface area contributed by atoms with Gasteiger partial charge in [-0.1, -0.05) is 53.5 Å². The molecule has 1 atom stereocenters. The number of halogens is 2. The molecule has 2 aromatic carbocycles. The summed E-state index contributed by atoms with van der Waals surface area (Å²) in [7, 11) is 4.16. The monoisotopic (exact) mass is 426 g/mol. The van der Waals surface area contributed by atoms with E-state index in [4.69, 9.17) is 28.2 Å². The maximum Gasteiger partial charge on any atom is 0.223 e. The van der Waals surface area contributed by atoms with Gasteiger partial charge in [0.05, 0.1) is 15.7 Å². The van der Waals surface area contributed by atoms with E-state index < -0.39 is 0 Å². The normalized spacial score (nSPS) is 15.1. The molecule has 3 aromatic rings. The number of rotatable bonds is 6. The molecule has 0 aliphatic heterocycles. The molecule has 1 heterocycles. The van der Waals surface area contributed by atoms with Gasteiger partial charge in [-0.15, -0.1) is 0 Å². The molecular formula is C23H24Cl2N4. The van der Waals surface area contributed by atoms with Crippen molar-refractivity contribution in [1.29, 1.82) is 0 Å². The van der Waals surface area contributed by atoms with Gasteiger partial charge in [0, 0.05) is 24.2 Å². The van der Waals surface area contributed by atoms with E-state index in [1.165, 1.54) is 5.56 Å². The van der Waals surface area contributed by atoms with E-state index in [0.717, 1.165) is 48.3 Å². The zero-order valence-electron chi connectivity index (χ0n) is 16.6. The first kappa shape index (κ1) is 20.1. The molecule has 1 aliphatic carbocycles. The molecule has 1 aliphatic rings. The summed E-state index contributed by atoms with van der Waals surface area (Å²) < 4.78 is 0. The van der Waals surface area contributed by atoms with Crippen LogP contribution in [0.1, 0.15) is 29.0 Å². The fourth-order valence-electron chi connectivity index (χ4n) is 3.84. The van der Waals surface area contributed by atoms with Crippen LogP contribution in [0.4, 0.5) is 5.95 Å². The van der Waals surface area contributed by atoms with Gasteiger partial charge in [-0.25, -0.2) is 9.97 Å². The molecular weight excluding hydrogens is 403 g/mol.